The van der Waals surface area contributed by atoms with E-state index >= 15 is 0 Å². The molecule has 0 bridgehead atoms. The molecule has 0 saturated carbocycles. The van der Waals surface area contributed by atoms with Gasteiger partial charge in [0.05, 0.1) is 0 Å². The summed E-state index contributed by atoms with van der Waals surface area (Å²) >= 11 is 0. The highest BCUT2D eigenvalue weighted by Gasteiger charge is 2.09. The van der Waals surface area contributed by atoms with E-state index in [4.69, 9.17) is 18.4 Å². The Labute approximate surface area is 108 Å². The van der Waals surface area contributed by atoms with Gasteiger partial charge in [-0.3, -0.25) is 0 Å². The van der Waals surface area contributed by atoms with Crippen LogP contribution in [0.3, 0.4) is 0 Å². The molecule has 0 amide bonds. The van der Waals surface area contributed by atoms with Crippen molar-refractivity contribution in [3.63, 3.8) is 0 Å². The number of aromatic nitrogens is 3. The summed E-state index contributed by atoms with van der Waals surface area (Å²) in [4.78, 5) is 8.20. The molecule has 2 heterocycles. The molecule has 0 saturated heterocycles. The van der Waals surface area contributed by atoms with Gasteiger partial charge in [-0.15, -0.1) is 0 Å². The maximum atomic E-state index is 5.60. The minimum absolute atomic E-state index is 0.169. The van der Waals surface area contributed by atoms with E-state index in [0.717, 1.165) is 0 Å². The standard InChI is InChI=1S/C12H11N3O4/c1-16-5-10-14-11(19-15-10)6-17-8-3-2-4-9-12(8)13-7-18-9/h2-4,7H,5-6H2,1H3. The first-order valence-corrected chi connectivity index (χ1v) is 5.62. The molecule has 7 nitrogen and oxygen atoms in total. The normalized spacial score (nSPS) is 11.0. The molecule has 2 aromatic heterocycles. The van der Waals surface area contributed by atoms with E-state index in [9.17, 15) is 0 Å². The van der Waals surface area contributed by atoms with Gasteiger partial charge in [-0.25, -0.2) is 4.98 Å². The second kappa shape index (κ2) is 5.07. The maximum absolute atomic E-state index is 5.60. The van der Waals surface area contributed by atoms with Gasteiger partial charge in [0.2, 0.25) is 0 Å². The van der Waals surface area contributed by atoms with Crippen LogP contribution in [0.15, 0.2) is 33.5 Å². The molecule has 0 unspecified atom stereocenters. The largest absolute Gasteiger partial charge is 0.481 e. The van der Waals surface area contributed by atoms with Crippen LogP contribution in [0.25, 0.3) is 11.1 Å². The molecule has 3 aromatic rings. The fraction of sp³-hybridized carbons (Fsp3) is 0.250. The van der Waals surface area contributed by atoms with E-state index in [2.05, 4.69) is 15.1 Å². The molecule has 0 spiro atoms. The number of oxazole rings is 1. The van der Waals surface area contributed by atoms with Gasteiger partial charge in [0.1, 0.15) is 12.4 Å². The van der Waals surface area contributed by atoms with Crippen LogP contribution in [-0.4, -0.2) is 22.2 Å². The number of nitrogens with zero attached hydrogens (tertiary/aromatic N) is 3. The van der Waals surface area contributed by atoms with Crippen molar-refractivity contribution in [2.24, 2.45) is 0 Å². The predicted octanol–water partition coefficient (Wildman–Crippen LogP) is 1.94. The Bertz CT molecular complexity index is 676. The van der Waals surface area contributed by atoms with Gasteiger partial charge in [-0.1, -0.05) is 11.2 Å². The molecule has 3 rings (SSSR count). The zero-order valence-corrected chi connectivity index (χ0v) is 10.2. The summed E-state index contributed by atoms with van der Waals surface area (Å²) in [6.45, 7) is 0.477. The first-order chi connectivity index (χ1) is 9.36. The fourth-order valence-electron chi connectivity index (χ4n) is 1.65. The van der Waals surface area contributed by atoms with Crippen molar-refractivity contribution < 1.29 is 18.4 Å². The number of para-hydroxylation sites is 1. The quantitative estimate of drug-likeness (QED) is 0.693. The Morgan fingerprint density at radius 1 is 1.26 bits per heavy atom. The summed E-state index contributed by atoms with van der Waals surface area (Å²) in [5.74, 6) is 1.48. The van der Waals surface area contributed by atoms with Crippen LogP contribution in [0.4, 0.5) is 0 Å². The van der Waals surface area contributed by atoms with Crippen molar-refractivity contribution in [1.82, 2.24) is 15.1 Å². The second-order valence-corrected chi connectivity index (χ2v) is 3.78. The Morgan fingerprint density at radius 3 is 3.11 bits per heavy atom. The third-order valence-electron chi connectivity index (χ3n) is 2.46. The number of benzene rings is 1. The summed E-state index contributed by atoms with van der Waals surface area (Å²) in [5, 5.41) is 3.75. The molecule has 7 heteroatoms. The Hall–Kier alpha value is -2.41. The Morgan fingerprint density at radius 2 is 2.21 bits per heavy atom. The van der Waals surface area contributed by atoms with Crippen molar-refractivity contribution in [1.29, 1.82) is 0 Å². The zero-order valence-electron chi connectivity index (χ0n) is 10.2. The number of rotatable bonds is 5. The van der Waals surface area contributed by atoms with Crippen LogP contribution >= 0.6 is 0 Å². The summed E-state index contributed by atoms with van der Waals surface area (Å²) in [5.41, 5.74) is 1.34. The van der Waals surface area contributed by atoms with Gasteiger partial charge in [0, 0.05) is 7.11 Å². The smallest absolute Gasteiger partial charge is 0.264 e. The molecule has 0 aliphatic heterocycles. The van der Waals surface area contributed by atoms with Crippen LogP contribution in [0, 0.1) is 0 Å². The van der Waals surface area contributed by atoms with E-state index in [0.29, 0.717) is 35.2 Å². The van der Waals surface area contributed by atoms with Crippen LogP contribution < -0.4 is 4.74 Å². The molecule has 0 aliphatic carbocycles. The van der Waals surface area contributed by atoms with Crippen molar-refractivity contribution in [3.05, 3.63) is 36.3 Å². The Balaban J connectivity index is 1.73. The number of ether oxygens (including phenoxy) is 2. The minimum Gasteiger partial charge on any atom is -0.481 e. The lowest BCUT2D eigenvalue weighted by Crippen LogP contribution is -1.97. The molecular weight excluding hydrogens is 250 g/mol. The number of fused-ring (bicyclic) bond motifs is 1. The molecule has 0 aliphatic rings. The molecule has 98 valence electrons. The lowest BCUT2D eigenvalue weighted by molar-refractivity contribution is 0.174. The van der Waals surface area contributed by atoms with E-state index in [1.807, 2.05) is 12.1 Å². The number of methoxy groups -OCH3 is 1. The highest BCUT2D eigenvalue weighted by Crippen LogP contribution is 2.24. The highest BCUT2D eigenvalue weighted by atomic mass is 16.5. The van der Waals surface area contributed by atoms with Crippen LogP contribution in [-0.2, 0) is 18.0 Å². The fourth-order valence-corrected chi connectivity index (χ4v) is 1.65. The van der Waals surface area contributed by atoms with E-state index in [1.54, 1.807) is 13.2 Å². The average molecular weight is 261 g/mol. The van der Waals surface area contributed by atoms with Gasteiger partial charge in [-0.2, -0.15) is 4.98 Å². The van der Waals surface area contributed by atoms with Gasteiger partial charge >= 0.3 is 0 Å². The maximum Gasteiger partial charge on any atom is 0.264 e. The molecule has 0 atom stereocenters. The zero-order chi connectivity index (χ0) is 13.1. The average Bonchev–Trinajstić information content (AvgIpc) is 3.05. The van der Waals surface area contributed by atoms with Gasteiger partial charge < -0.3 is 18.4 Å². The van der Waals surface area contributed by atoms with Gasteiger partial charge in [-0.05, 0) is 12.1 Å². The van der Waals surface area contributed by atoms with Crippen molar-refractivity contribution in [2.75, 3.05) is 7.11 Å². The van der Waals surface area contributed by atoms with Crippen molar-refractivity contribution in [2.45, 2.75) is 13.2 Å². The summed E-state index contributed by atoms with van der Waals surface area (Å²) < 4.78 is 20.7. The Kier molecular flexibility index (Phi) is 3.11. The summed E-state index contributed by atoms with van der Waals surface area (Å²) in [6.07, 6.45) is 1.38. The van der Waals surface area contributed by atoms with Crippen molar-refractivity contribution in [3.8, 4) is 5.75 Å². The van der Waals surface area contributed by atoms with E-state index < -0.39 is 0 Å². The molecule has 1 aromatic carbocycles. The van der Waals surface area contributed by atoms with Gasteiger partial charge in [0.15, 0.2) is 29.9 Å². The molecule has 19 heavy (non-hydrogen) atoms. The molecule has 0 radical (unpaired) electrons. The highest BCUT2D eigenvalue weighted by molar-refractivity contribution is 5.79. The molecule has 0 N–H and O–H groups in total. The predicted molar refractivity (Wildman–Crippen MR) is 63.4 cm³/mol. The SMILES string of the molecule is COCc1noc(COc2cccc3ocnc23)n1. The number of hydrogen-bond donors (Lipinski definition) is 0. The van der Waals surface area contributed by atoms with Crippen LogP contribution in [0.2, 0.25) is 0 Å². The van der Waals surface area contributed by atoms with E-state index in [-0.39, 0.29) is 6.61 Å². The lowest BCUT2D eigenvalue weighted by Gasteiger charge is -2.02. The topological polar surface area (TPSA) is 83.4 Å². The van der Waals surface area contributed by atoms with Gasteiger partial charge in [0.25, 0.3) is 5.89 Å². The summed E-state index contributed by atoms with van der Waals surface area (Å²) in [7, 11) is 1.57. The minimum atomic E-state index is 0.169. The van der Waals surface area contributed by atoms with E-state index in [1.165, 1.54) is 6.39 Å². The second-order valence-electron chi connectivity index (χ2n) is 3.78. The third kappa shape index (κ3) is 2.41. The first kappa shape index (κ1) is 11.7. The summed E-state index contributed by atoms with van der Waals surface area (Å²) in [6, 6.07) is 5.45. The molecule has 0 fully saturated rings. The molecular formula is C12H11N3O4. The lowest BCUT2D eigenvalue weighted by atomic mass is 10.3. The third-order valence-corrected chi connectivity index (χ3v) is 2.46. The van der Waals surface area contributed by atoms with Crippen molar-refractivity contribution >= 4 is 11.1 Å². The monoisotopic (exact) mass is 261 g/mol. The first-order valence-electron chi connectivity index (χ1n) is 5.62. The van der Waals surface area contributed by atoms with Crippen LogP contribution in [0.5, 0.6) is 5.75 Å². The number of hydrogen-bond acceptors (Lipinski definition) is 7. The van der Waals surface area contributed by atoms with Crippen LogP contribution in [0.1, 0.15) is 11.7 Å².